The zero-order valence-corrected chi connectivity index (χ0v) is 12.0. The van der Waals surface area contributed by atoms with E-state index in [-0.39, 0.29) is 30.4 Å². The highest BCUT2D eigenvalue weighted by molar-refractivity contribution is 5.85. The summed E-state index contributed by atoms with van der Waals surface area (Å²) in [6.07, 6.45) is 2.34. The summed E-state index contributed by atoms with van der Waals surface area (Å²) in [6, 6.07) is -0.495. The Hall–Kier alpha value is -0.810. The summed E-state index contributed by atoms with van der Waals surface area (Å²) in [6.45, 7) is 6.81. The molecule has 2 N–H and O–H groups in total. The lowest BCUT2D eigenvalue weighted by Crippen LogP contribution is -2.49. The van der Waals surface area contributed by atoms with Crippen LogP contribution in [0.1, 0.15) is 40.0 Å². The number of halogens is 1. The van der Waals surface area contributed by atoms with Gasteiger partial charge < -0.3 is 10.4 Å². The molecule has 6 heteroatoms. The molecule has 1 amide bonds. The molecule has 0 aliphatic carbocycles. The van der Waals surface area contributed by atoms with Crippen molar-refractivity contribution in [2.75, 3.05) is 13.1 Å². The van der Waals surface area contributed by atoms with E-state index in [4.69, 9.17) is 5.11 Å². The second-order valence-corrected chi connectivity index (χ2v) is 5.25. The molecule has 0 saturated carbocycles. The summed E-state index contributed by atoms with van der Waals surface area (Å²) in [4.78, 5) is 24.5. The number of nitrogens with zero attached hydrogens (tertiary/aromatic N) is 1. The smallest absolute Gasteiger partial charge is 0.320 e. The van der Waals surface area contributed by atoms with Crippen molar-refractivity contribution in [1.29, 1.82) is 0 Å². The minimum absolute atomic E-state index is 0. The third-order valence-electron chi connectivity index (χ3n) is 3.36. The van der Waals surface area contributed by atoms with E-state index in [1.54, 1.807) is 4.90 Å². The van der Waals surface area contributed by atoms with Gasteiger partial charge in [-0.25, -0.2) is 0 Å². The minimum atomic E-state index is -0.829. The number of nitrogens with one attached hydrogen (secondary N) is 1. The molecule has 5 nitrogen and oxygen atoms in total. The molecule has 18 heavy (non-hydrogen) atoms. The van der Waals surface area contributed by atoms with Crippen molar-refractivity contribution in [1.82, 2.24) is 10.2 Å². The lowest BCUT2D eigenvalue weighted by Gasteiger charge is -2.27. The molecule has 1 saturated heterocycles. The van der Waals surface area contributed by atoms with Gasteiger partial charge in [-0.1, -0.05) is 6.92 Å². The molecule has 1 rings (SSSR count). The van der Waals surface area contributed by atoms with E-state index in [1.807, 2.05) is 20.8 Å². The Morgan fingerprint density at radius 3 is 2.56 bits per heavy atom. The van der Waals surface area contributed by atoms with Gasteiger partial charge in [0.15, 0.2) is 0 Å². The van der Waals surface area contributed by atoms with Crippen molar-refractivity contribution in [3.63, 3.8) is 0 Å². The van der Waals surface area contributed by atoms with Crippen molar-refractivity contribution in [2.45, 2.75) is 51.6 Å². The molecule has 0 spiro atoms. The quantitative estimate of drug-likeness (QED) is 0.794. The highest BCUT2D eigenvalue weighted by Gasteiger charge is 2.32. The first-order valence-corrected chi connectivity index (χ1v) is 6.13. The van der Waals surface area contributed by atoms with E-state index < -0.39 is 12.0 Å². The molecule has 1 atom stereocenters. The van der Waals surface area contributed by atoms with Gasteiger partial charge in [0, 0.05) is 5.54 Å². The molecule has 1 aliphatic rings. The third kappa shape index (κ3) is 4.82. The fraction of sp³-hybridized carbons (Fsp3) is 0.833. The van der Waals surface area contributed by atoms with Gasteiger partial charge in [0.25, 0.3) is 0 Å². The first-order chi connectivity index (χ1) is 7.85. The number of hydrogen-bond acceptors (Lipinski definition) is 3. The topological polar surface area (TPSA) is 69.6 Å². The van der Waals surface area contributed by atoms with Gasteiger partial charge in [-0.2, -0.15) is 0 Å². The van der Waals surface area contributed by atoms with Crippen molar-refractivity contribution < 1.29 is 14.7 Å². The Labute approximate surface area is 114 Å². The van der Waals surface area contributed by atoms with Crippen LogP contribution in [0.5, 0.6) is 0 Å². The summed E-state index contributed by atoms with van der Waals surface area (Å²) in [5.41, 5.74) is -0.227. The van der Waals surface area contributed by atoms with E-state index in [0.717, 1.165) is 12.8 Å². The van der Waals surface area contributed by atoms with Gasteiger partial charge >= 0.3 is 5.97 Å². The molecule has 0 aromatic rings. The van der Waals surface area contributed by atoms with Crippen LogP contribution < -0.4 is 5.32 Å². The number of likely N-dealkylation sites (tertiary alicyclic amines) is 1. The van der Waals surface area contributed by atoms with Crippen LogP contribution in [0.25, 0.3) is 0 Å². The van der Waals surface area contributed by atoms with E-state index in [2.05, 4.69) is 5.32 Å². The molecular weight excluding hydrogens is 256 g/mol. The fourth-order valence-electron chi connectivity index (χ4n) is 1.98. The summed E-state index contributed by atoms with van der Waals surface area (Å²) < 4.78 is 0. The molecule has 0 aromatic heterocycles. The maximum atomic E-state index is 11.8. The monoisotopic (exact) mass is 278 g/mol. The number of amides is 1. The number of carboxylic acids is 1. The second-order valence-electron chi connectivity index (χ2n) is 5.25. The van der Waals surface area contributed by atoms with Crippen molar-refractivity contribution >= 4 is 24.3 Å². The van der Waals surface area contributed by atoms with E-state index >= 15 is 0 Å². The van der Waals surface area contributed by atoms with Crippen LogP contribution in [0.2, 0.25) is 0 Å². The maximum absolute atomic E-state index is 11.8. The van der Waals surface area contributed by atoms with Gasteiger partial charge in [-0.3, -0.25) is 14.5 Å². The Morgan fingerprint density at radius 2 is 2.06 bits per heavy atom. The standard InChI is InChI=1S/C12H22N2O3.ClH/c1-4-12(2,3)13-10(15)8-14-7-5-6-9(14)11(16)17;/h9H,4-8H2,1-3H3,(H,13,15)(H,16,17);1H. The van der Waals surface area contributed by atoms with E-state index in [1.165, 1.54) is 0 Å². The Balaban J connectivity index is 0.00000289. The average Bonchev–Trinajstić information content (AvgIpc) is 2.65. The van der Waals surface area contributed by atoms with Gasteiger partial charge in [0.2, 0.25) is 5.91 Å². The van der Waals surface area contributed by atoms with Crippen LogP contribution in [-0.2, 0) is 9.59 Å². The number of carboxylic acid groups (broad SMARTS) is 1. The van der Waals surface area contributed by atoms with Gasteiger partial charge in [-0.15, -0.1) is 12.4 Å². The lowest BCUT2D eigenvalue weighted by atomic mass is 10.0. The number of carbonyl (C=O) groups is 2. The predicted octanol–water partition coefficient (Wildman–Crippen LogP) is 1.26. The molecule has 1 unspecified atom stereocenters. The Morgan fingerprint density at radius 1 is 1.44 bits per heavy atom. The number of rotatable bonds is 5. The largest absolute Gasteiger partial charge is 0.480 e. The van der Waals surface area contributed by atoms with Crippen LogP contribution in [0.4, 0.5) is 0 Å². The third-order valence-corrected chi connectivity index (χ3v) is 3.36. The van der Waals surface area contributed by atoms with Crippen molar-refractivity contribution in [2.24, 2.45) is 0 Å². The van der Waals surface area contributed by atoms with Crippen LogP contribution in [0, 0.1) is 0 Å². The highest BCUT2D eigenvalue weighted by atomic mass is 35.5. The normalized spacial score (nSPS) is 20.3. The summed E-state index contributed by atoms with van der Waals surface area (Å²) >= 11 is 0. The number of hydrogen-bond donors (Lipinski definition) is 2. The van der Waals surface area contributed by atoms with Gasteiger partial charge in [-0.05, 0) is 39.7 Å². The number of aliphatic carboxylic acids is 1. The first-order valence-electron chi connectivity index (χ1n) is 6.13. The van der Waals surface area contributed by atoms with Crippen molar-refractivity contribution in [3.05, 3.63) is 0 Å². The molecular formula is C12H23ClN2O3. The number of carbonyl (C=O) groups excluding carboxylic acids is 1. The lowest BCUT2D eigenvalue weighted by molar-refractivity contribution is -0.142. The molecule has 0 bridgehead atoms. The van der Waals surface area contributed by atoms with Crippen LogP contribution >= 0.6 is 12.4 Å². The average molecular weight is 279 g/mol. The zero-order chi connectivity index (χ0) is 13.1. The summed E-state index contributed by atoms with van der Waals surface area (Å²) in [7, 11) is 0. The van der Waals surface area contributed by atoms with Gasteiger partial charge in [0.05, 0.1) is 6.54 Å². The van der Waals surface area contributed by atoms with Crippen molar-refractivity contribution in [3.8, 4) is 0 Å². The predicted molar refractivity (Wildman–Crippen MR) is 72.0 cm³/mol. The molecule has 0 aromatic carbocycles. The minimum Gasteiger partial charge on any atom is -0.480 e. The molecule has 1 heterocycles. The Bertz CT molecular complexity index is 308. The maximum Gasteiger partial charge on any atom is 0.320 e. The summed E-state index contributed by atoms with van der Waals surface area (Å²) in [5.74, 6) is -0.921. The SMILES string of the molecule is CCC(C)(C)NC(=O)CN1CCCC1C(=O)O.Cl. The first kappa shape index (κ1) is 17.2. The van der Waals surface area contributed by atoms with Crippen LogP contribution in [-0.4, -0.2) is 46.6 Å². The molecule has 106 valence electrons. The van der Waals surface area contributed by atoms with Crippen LogP contribution in [0.3, 0.4) is 0 Å². The summed E-state index contributed by atoms with van der Waals surface area (Å²) in [5, 5.41) is 11.9. The van der Waals surface area contributed by atoms with Crippen LogP contribution in [0.15, 0.2) is 0 Å². The molecule has 0 radical (unpaired) electrons. The van der Waals surface area contributed by atoms with E-state index in [9.17, 15) is 9.59 Å². The Kier molecular flexibility index (Phi) is 6.63. The second kappa shape index (κ2) is 6.95. The van der Waals surface area contributed by atoms with Gasteiger partial charge in [0.1, 0.15) is 6.04 Å². The zero-order valence-electron chi connectivity index (χ0n) is 11.2. The highest BCUT2D eigenvalue weighted by Crippen LogP contribution is 2.17. The molecule has 1 aliphatic heterocycles. The fourth-order valence-corrected chi connectivity index (χ4v) is 1.98. The van der Waals surface area contributed by atoms with E-state index in [0.29, 0.717) is 13.0 Å². The molecule has 1 fully saturated rings.